The molecule has 1 heterocycles. The van der Waals surface area contributed by atoms with E-state index in [-0.39, 0.29) is 5.56 Å². The lowest BCUT2D eigenvalue weighted by molar-refractivity contribution is 1.22. The topological polar surface area (TPSA) is 56.6 Å². The molecule has 0 spiro atoms. The van der Waals surface area contributed by atoms with Gasteiger partial charge in [-0.25, -0.2) is 0 Å². The molecule has 2 rings (SSSR count). The van der Waals surface area contributed by atoms with Crippen molar-refractivity contribution in [1.29, 1.82) is 5.26 Å². The molecule has 0 aliphatic carbocycles. The predicted octanol–water partition coefficient (Wildman–Crippen LogP) is 3.22. The number of benzene rings is 1. The van der Waals surface area contributed by atoms with Crippen molar-refractivity contribution in [2.45, 2.75) is 0 Å². The lowest BCUT2D eigenvalue weighted by Gasteiger charge is -2.05. The highest BCUT2D eigenvalue weighted by Gasteiger charge is 2.11. The lowest BCUT2D eigenvalue weighted by atomic mass is 10.0. The molecule has 2 aromatic rings. The van der Waals surface area contributed by atoms with Crippen LogP contribution in [0, 0.1) is 11.3 Å². The molecule has 0 aliphatic rings. The maximum atomic E-state index is 11.5. The zero-order valence-corrected chi connectivity index (χ0v) is 10.0. The first-order valence-electron chi connectivity index (χ1n) is 4.70. The van der Waals surface area contributed by atoms with Gasteiger partial charge in [-0.1, -0.05) is 29.3 Å². The molecule has 0 radical (unpaired) electrons. The summed E-state index contributed by atoms with van der Waals surface area (Å²) in [5.74, 6) is 0. The number of pyridine rings is 1. The number of hydrogen-bond donors (Lipinski definition) is 1. The average Bonchev–Trinajstić information content (AvgIpc) is 2.29. The van der Waals surface area contributed by atoms with E-state index in [4.69, 9.17) is 28.5 Å². The van der Waals surface area contributed by atoms with Crippen molar-refractivity contribution in [2.24, 2.45) is 0 Å². The third-order valence-electron chi connectivity index (χ3n) is 2.29. The summed E-state index contributed by atoms with van der Waals surface area (Å²) in [6, 6.07) is 8.41. The summed E-state index contributed by atoms with van der Waals surface area (Å²) in [5.41, 5.74) is 0.712. The molecule has 84 valence electrons. The molecule has 0 bridgehead atoms. The van der Waals surface area contributed by atoms with Crippen LogP contribution < -0.4 is 5.56 Å². The minimum absolute atomic E-state index is 0.0386. The molecule has 0 aliphatic heterocycles. The van der Waals surface area contributed by atoms with Crippen molar-refractivity contribution in [3.8, 4) is 17.2 Å². The zero-order chi connectivity index (χ0) is 12.4. The van der Waals surface area contributed by atoms with E-state index < -0.39 is 5.56 Å². The summed E-state index contributed by atoms with van der Waals surface area (Å²) >= 11 is 11.8. The third kappa shape index (κ3) is 2.19. The SMILES string of the molecule is N#Cc1c(-c2ccc(Cl)cc2Cl)cc[nH]c1=O. The first-order chi connectivity index (χ1) is 8.13. The second kappa shape index (κ2) is 4.62. The normalized spacial score (nSPS) is 9.94. The van der Waals surface area contributed by atoms with Crippen LogP contribution >= 0.6 is 23.2 Å². The Balaban J connectivity index is 2.74. The summed E-state index contributed by atoms with van der Waals surface area (Å²) in [6.07, 6.45) is 1.48. The summed E-state index contributed by atoms with van der Waals surface area (Å²) in [6.45, 7) is 0. The summed E-state index contributed by atoms with van der Waals surface area (Å²) in [5, 5.41) is 9.87. The van der Waals surface area contributed by atoms with Crippen LogP contribution in [0.2, 0.25) is 10.0 Å². The van der Waals surface area contributed by atoms with Crippen molar-refractivity contribution in [1.82, 2.24) is 4.98 Å². The Hall–Kier alpha value is -1.76. The standard InChI is InChI=1S/C12H6Cl2N2O/c13-7-1-2-9(11(14)5-7)8-3-4-16-12(17)10(8)6-15/h1-5H,(H,16,17). The van der Waals surface area contributed by atoms with Crippen molar-refractivity contribution < 1.29 is 0 Å². The fourth-order valence-corrected chi connectivity index (χ4v) is 2.03. The van der Waals surface area contributed by atoms with Gasteiger partial charge in [-0.05, 0) is 18.2 Å². The van der Waals surface area contributed by atoms with E-state index in [9.17, 15) is 4.79 Å². The minimum atomic E-state index is -0.434. The molecule has 3 nitrogen and oxygen atoms in total. The second-order valence-corrected chi connectivity index (χ2v) is 4.18. The second-order valence-electron chi connectivity index (χ2n) is 3.33. The Morgan fingerprint density at radius 2 is 1.94 bits per heavy atom. The van der Waals surface area contributed by atoms with Gasteiger partial charge in [0.25, 0.3) is 5.56 Å². The van der Waals surface area contributed by atoms with Gasteiger partial charge in [0.2, 0.25) is 0 Å². The average molecular weight is 265 g/mol. The number of aromatic nitrogens is 1. The molecule has 5 heteroatoms. The van der Waals surface area contributed by atoms with Crippen LogP contribution in [0.1, 0.15) is 5.56 Å². The molecule has 0 fully saturated rings. The number of H-pyrrole nitrogens is 1. The molecule has 0 amide bonds. The predicted molar refractivity (Wildman–Crippen MR) is 67.2 cm³/mol. The molecule has 1 aromatic heterocycles. The maximum absolute atomic E-state index is 11.5. The summed E-state index contributed by atoms with van der Waals surface area (Å²) in [7, 11) is 0. The molecule has 0 atom stereocenters. The van der Waals surface area contributed by atoms with Gasteiger partial charge >= 0.3 is 0 Å². The van der Waals surface area contributed by atoms with Gasteiger partial charge in [0.05, 0.1) is 0 Å². The molecule has 0 unspecified atom stereocenters. The number of nitrogens with one attached hydrogen (secondary N) is 1. The number of rotatable bonds is 1. The van der Waals surface area contributed by atoms with Crippen LogP contribution in [-0.4, -0.2) is 4.98 Å². The maximum Gasteiger partial charge on any atom is 0.266 e. The van der Waals surface area contributed by atoms with Crippen LogP contribution in [0.25, 0.3) is 11.1 Å². The number of nitrogens with zero attached hydrogens (tertiary/aromatic N) is 1. The van der Waals surface area contributed by atoms with Crippen LogP contribution in [0.15, 0.2) is 35.3 Å². The first kappa shape index (κ1) is 11.7. The summed E-state index contributed by atoms with van der Waals surface area (Å²) in [4.78, 5) is 13.9. The smallest absolute Gasteiger partial charge is 0.266 e. The molecule has 1 aromatic carbocycles. The van der Waals surface area contributed by atoms with Crippen LogP contribution in [0.5, 0.6) is 0 Å². The van der Waals surface area contributed by atoms with Gasteiger partial charge in [0, 0.05) is 27.4 Å². The Kier molecular flexibility index (Phi) is 3.19. The Morgan fingerprint density at radius 3 is 2.59 bits per heavy atom. The third-order valence-corrected chi connectivity index (χ3v) is 2.84. The van der Waals surface area contributed by atoms with E-state index >= 15 is 0 Å². The van der Waals surface area contributed by atoms with Crippen molar-refractivity contribution in [2.75, 3.05) is 0 Å². The molecular weight excluding hydrogens is 259 g/mol. The Bertz CT molecular complexity index is 671. The van der Waals surface area contributed by atoms with E-state index in [0.29, 0.717) is 21.2 Å². The van der Waals surface area contributed by atoms with Gasteiger partial charge in [0.1, 0.15) is 11.6 Å². The van der Waals surface area contributed by atoms with Gasteiger partial charge in [-0.3, -0.25) is 4.79 Å². The van der Waals surface area contributed by atoms with Crippen LogP contribution in [0.4, 0.5) is 0 Å². The number of hydrogen-bond acceptors (Lipinski definition) is 2. The van der Waals surface area contributed by atoms with Crippen molar-refractivity contribution in [3.05, 3.63) is 56.4 Å². The fourth-order valence-electron chi connectivity index (χ4n) is 1.52. The summed E-state index contributed by atoms with van der Waals surface area (Å²) < 4.78 is 0. The zero-order valence-electron chi connectivity index (χ0n) is 8.50. The number of nitriles is 1. The van der Waals surface area contributed by atoms with Crippen LogP contribution in [0.3, 0.4) is 0 Å². The first-order valence-corrected chi connectivity index (χ1v) is 5.46. The number of aromatic amines is 1. The minimum Gasteiger partial charge on any atom is -0.328 e. The molecule has 0 saturated carbocycles. The van der Waals surface area contributed by atoms with E-state index in [0.717, 1.165) is 0 Å². The van der Waals surface area contributed by atoms with E-state index in [1.165, 1.54) is 6.20 Å². The Morgan fingerprint density at radius 1 is 1.18 bits per heavy atom. The van der Waals surface area contributed by atoms with Crippen molar-refractivity contribution in [3.63, 3.8) is 0 Å². The number of halogens is 2. The molecule has 0 saturated heterocycles. The van der Waals surface area contributed by atoms with Gasteiger partial charge in [-0.2, -0.15) is 5.26 Å². The highest BCUT2D eigenvalue weighted by atomic mass is 35.5. The molecule has 17 heavy (non-hydrogen) atoms. The molecular formula is C12H6Cl2N2O. The lowest BCUT2D eigenvalue weighted by Crippen LogP contribution is -2.10. The van der Waals surface area contributed by atoms with Gasteiger partial charge in [0.15, 0.2) is 0 Å². The van der Waals surface area contributed by atoms with Crippen molar-refractivity contribution >= 4 is 23.2 Å². The van der Waals surface area contributed by atoms with E-state index in [1.54, 1.807) is 24.3 Å². The van der Waals surface area contributed by atoms with E-state index in [1.807, 2.05) is 6.07 Å². The van der Waals surface area contributed by atoms with Gasteiger partial charge < -0.3 is 4.98 Å². The highest BCUT2D eigenvalue weighted by molar-refractivity contribution is 6.36. The molecule has 1 N–H and O–H groups in total. The largest absolute Gasteiger partial charge is 0.328 e. The van der Waals surface area contributed by atoms with E-state index in [2.05, 4.69) is 4.98 Å². The van der Waals surface area contributed by atoms with Crippen LogP contribution in [-0.2, 0) is 0 Å². The van der Waals surface area contributed by atoms with Gasteiger partial charge in [-0.15, -0.1) is 0 Å². The highest BCUT2D eigenvalue weighted by Crippen LogP contribution is 2.30. The quantitative estimate of drug-likeness (QED) is 0.860. The Labute approximate surface area is 107 Å². The fraction of sp³-hybridized carbons (Fsp3) is 0. The monoisotopic (exact) mass is 264 g/mol.